The first-order chi connectivity index (χ1) is 12.1. The Morgan fingerprint density at radius 1 is 1.28 bits per heavy atom. The molecule has 2 bridgehead atoms. The second kappa shape index (κ2) is 6.72. The molecule has 0 spiro atoms. The summed E-state index contributed by atoms with van der Waals surface area (Å²) in [6.45, 7) is 1.48. The Bertz CT molecular complexity index is 844. The van der Waals surface area contributed by atoms with Gasteiger partial charge in [0.15, 0.2) is 0 Å². The summed E-state index contributed by atoms with van der Waals surface area (Å²) in [4.78, 5) is 4.17. The quantitative estimate of drug-likeness (QED) is 0.810. The Morgan fingerprint density at radius 3 is 2.84 bits per heavy atom. The molecule has 4 rings (SSSR count). The maximum absolute atomic E-state index is 12.5. The lowest BCUT2D eigenvalue weighted by Gasteiger charge is -2.26. The number of benzene rings is 1. The Morgan fingerprint density at radius 2 is 2.12 bits per heavy atom. The zero-order valence-electron chi connectivity index (χ0n) is 13.6. The number of para-hydroxylation sites is 1. The fourth-order valence-electron chi connectivity index (χ4n) is 3.30. The van der Waals surface area contributed by atoms with Crippen molar-refractivity contribution in [2.75, 3.05) is 13.1 Å². The number of aromatic nitrogens is 1. The minimum absolute atomic E-state index is 0.0666. The highest BCUT2D eigenvalue weighted by Gasteiger charge is 2.43. The first-order valence-electron chi connectivity index (χ1n) is 8.28. The molecule has 0 unspecified atom stereocenters. The molecule has 2 aliphatic heterocycles. The van der Waals surface area contributed by atoms with Crippen LogP contribution in [0.4, 0.5) is 0 Å². The Hall–Kier alpha value is -2.00. The van der Waals surface area contributed by atoms with Crippen molar-refractivity contribution in [3.05, 3.63) is 54.2 Å². The Balaban J connectivity index is 1.40. The number of fused-ring (bicyclic) bond motifs is 2. The van der Waals surface area contributed by atoms with Gasteiger partial charge in [-0.05, 0) is 30.2 Å². The van der Waals surface area contributed by atoms with Gasteiger partial charge in [0, 0.05) is 44.0 Å². The van der Waals surface area contributed by atoms with Crippen LogP contribution in [0.3, 0.4) is 0 Å². The maximum Gasteiger partial charge on any atom is 0.280 e. The van der Waals surface area contributed by atoms with Gasteiger partial charge in [-0.3, -0.25) is 0 Å². The number of nitrogens with one attached hydrogen (secondary N) is 2. The lowest BCUT2D eigenvalue weighted by atomic mass is 10.2. The standard InChI is InChI=1S/C17H20N4O3S/c22-25(23,21-12-14-9-15(21)11-19-14)20-10-13-6-7-18-17(8-13)24-16-4-2-1-3-5-16/h1-8,14-15,19-20H,9-12H2/t14-,15-/m0/s1. The lowest BCUT2D eigenvalue weighted by molar-refractivity contribution is 0.343. The van der Waals surface area contributed by atoms with E-state index in [2.05, 4.69) is 15.0 Å². The van der Waals surface area contributed by atoms with E-state index >= 15 is 0 Å². The van der Waals surface area contributed by atoms with Crippen LogP contribution in [-0.2, 0) is 16.8 Å². The summed E-state index contributed by atoms with van der Waals surface area (Å²) in [7, 11) is -3.48. The first-order valence-corrected chi connectivity index (χ1v) is 9.72. The van der Waals surface area contributed by atoms with Gasteiger partial charge in [0.1, 0.15) is 5.75 Å². The fraction of sp³-hybridized carbons (Fsp3) is 0.353. The number of nitrogens with zero attached hydrogens (tertiary/aromatic N) is 2. The fourth-order valence-corrected chi connectivity index (χ4v) is 4.74. The highest BCUT2D eigenvalue weighted by Crippen LogP contribution is 2.25. The third-order valence-corrected chi connectivity index (χ3v) is 6.11. The van der Waals surface area contributed by atoms with Crippen molar-refractivity contribution in [2.24, 2.45) is 0 Å². The molecule has 8 heteroatoms. The second-order valence-corrected chi connectivity index (χ2v) is 8.02. The number of ether oxygens (including phenoxy) is 1. The summed E-state index contributed by atoms with van der Waals surface area (Å²) < 4.78 is 35.0. The average Bonchev–Trinajstić information content (AvgIpc) is 3.25. The van der Waals surface area contributed by atoms with E-state index in [9.17, 15) is 8.42 Å². The highest BCUT2D eigenvalue weighted by atomic mass is 32.2. The molecular formula is C17H20N4O3S. The Kier molecular flexibility index (Phi) is 4.43. The second-order valence-electron chi connectivity index (χ2n) is 6.31. The largest absolute Gasteiger partial charge is 0.439 e. The molecule has 2 fully saturated rings. The third kappa shape index (κ3) is 3.67. The molecule has 3 heterocycles. The van der Waals surface area contributed by atoms with Gasteiger partial charge in [0.05, 0.1) is 0 Å². The summed E-state index contributed by atoms with van der Waals surface area (Å²) >= 11 is 0. The summed E-state index contributed by atoms with van der Waals surface area (Å²) in [5.41, 5.74) is 0.798. The van der Waals surface area contributed by atoms with Gasteiger partial charge < -0.3 is 10.1 Å². The van der Waals surface area contributed by atoms with Crippen molar-refractivity contribution in [3.63, 3.8) is 0 Å². The van der Waals surface area contributed by atoms with E-state index in [1.807, 2.05) is 30.3 Å². The molecule has 0 aliphatic carbocycles. The molecule has 2 saturated heterocycles. The topological polar surface area (TPSA) is 83.6 Å². The minimum atomic E-state index is -3.48. The molecule has 0 saturated carbocycles. The molecule has 2 aromatic rings. The summed E-state index contributed by atoms with van der Waals surface area (Å²) in [6, 6.07) is 13.2. The summed E-state index contributed by atoms with van der Waals surface area (Å²) in [5, 5.41) is 3.30. The van der Waals surface area contributed by atoms with Crippen LogP contribution in [0, 0.1) is 0 Å². The molecule has 7 nitrogen and oxygen atoms in total. The van der Waals surface area contributed by atoms with Crippen LogP contribution in [0.15, 0.2) is 48.7 Å². The number of hydrogen-bond acceptors (Lipinski definition) is 5. The van der Waals surface area contributed by atoms with Crippen LogP contribution in [0.2, 0.25) is 0 Å². The Labute approximate surface area is 147 Å². The lowest BCUT2D eigenvalue weighted by Crippen LogP contribution is -2.50. The number of rotatable bonds is 6. The van der Waals surface area contributed by atoms with Crippen molar-refractivity contribution in [1.29, 1.82) is 0 Å². The van der Waals surface area contributed by atoms with Crippen molar-refractivity contribution >= 4 is 10.2 Å². The van der Waals surface area contributed by atoms with E-state index in [1.54, 1.807) is 22.6 Å². The van der Waals surface area contributed by atoms with Gasteiger partial charge in [-0.15, -0.1) is 0 Å². The van der Waals surface area contributed by atoms with E-state index in [4.69, 9.17) is 4.74 Å². The minimum Gasteiger partial charge on any atom is -0.439 e. The SMILES string of the molecule is O=S(=O)(NCc1ccnc(Oc2ccccc2)c1)N1C[C@@H]2C[C@H]1CN2. The molecule has 1 aromatic carbocycles. The van der Waals surface area contributed by atoms with Crippen LogP contribution in [0.1, 0.15) is 12.0 Å². The van der Waals surface area contributed by atoms with E-state index in [0.29, 0.717) is 18.2 Å². The highest BCUT2D eigenvalue weighted by molar-refractivity contribution is 7.87. The molecular weight excluding hydrogens is 340 g/mol. The van der Waals surface area contributed by atoms with Crippen LogP contribution >= 0.6 is 0 Å². The molecule has 25 heavy (non-hydrogen) atoms. The van der Waals surface area contributed by atoms with Gasteiger partial charge in [-0.2, -0.15) is 17.4 Å². The van der Waals surface area contributed by atoms with Gasteiger partial charge >= 0.3 is 0 Å². The van der Waals surface area contributed by atoms with E-state index in [-0.39, 0.29) is 18.6 Å². The predicted molar refractivity (Wildman–Crippen MR) is 93.4 cm³/mol. The van der Waals surface area contributed by atoms with Gasteiger partial charge in [-0.25, -0.2) is 4.98 Å². The van der Waals surface area contributed by atoms with E-state index in [1.165, 1.54) is 0 Å². The molecule has 2 aliphatic rings. The number of piperazine rings is 1. The van der Waals surface area contributed by atoms with Crippen molar-refractivity contribution in [1.82, 2.24) is 19.3 Å². The van der Waals surface area contributed by atoms with Gasteiger partial charge in [-0.1, -0.05) is 18.2 Å². The first kappa shape index (κ1) is 16.5. The summed E-state index contributed by atoms with van der Waals surface area (Å²) in [5.74, 6) is 1.13. The zero-order chi connectivity index (χ0) is 17.3. The third-order valence-electron chi connectivity index (χ3n) is 4.54. The molecule has 2 N–H and O–H groups in total. The van der Waals surface area contributed by atoms with Crippen LogP contribution < -0.4 is 14.8 Å². The average molecular weight is 360 g/mol. The van der Waals surface area contributed by atoms with Gasteiger partial charge in [0.2, 0.25) is 5.88 Å². The molecule has 1 aromatic heterocycles. The smallest absolute Gasteiger partial charge is 0.280 e. The zero-order valence-corrected chi connectivity index (χ0v) is 14.4. The molecule has 132 valence electrons. The van der Waals surface area contributed by atoms with Crippen LogP contribution in [0.5, 0.6) is 11.6 Å². The van der Waals surface area contributed by atoms with Crippen molar-refractivity contribution in [2.45, 2.75) is 25.0 Å². The van der Waals surface area contributed by atoms with E-state index in [0.717, 1.165) is 18.5 Å². The van der Waals surface area contributed by atoms with Crippen LogP contribution in [-0.4, -0.2) is 42.9 Å². The van der Waals surface area contributed by atoms with Crippen molar-refractivity contribution < 1.29 is 13.2 Å². The normalized spacial score (nSPS) is 23.0. The molecule has 0 amide bonds. The number of hydrogen-bond donors (Lipinski definition) is 2. The van der Waals surface area contributed by atoms with Gasteiger partial charge in [0.25, 0.3) is 10.2 Å². The van der Waals surface area contributed by atoms with E-state index < -0.39 is 10.2 Å². The monoisotopic (exact) mass is 360 g/mol. The van der Waals surface area contributed by atoms with Crippen LogP contribution in [0.25, 0.3) is 0 Å². The summed E-state index contributed by atoms with van der Waals surface area (Å²) in [6.07, 6.45) is 2.51. The molecule has 0 radical (unpaired) electrons. The molecule has 2 atom stereocenters. The maximum atomic E-state index is 12.5. The predicted octanol–water partition coefficient (Wildman–Crippen LogP) is 1.25. The van der Waals surface area contributed by atoms with Crippen molar-refractivity contribution in [3.8, 4) is 11.6 Å². The number of pyridine rings is 1.